The first-order chi connectivity index (χ1) is 12.8. The molecule has 3 rings (SSSR count). The molecule has 1 amide bonds. The summed E-state index contributed by atoms with van der Waals surface area (Å²) < 4.78 is 31.3. The van der Waals surface area contributed by atoms with Crippen LogP contribution in [0.4, 0.5) is 0 Å². The summed E-state index contributed by atoms with van der Waals surface area (Å²) in [6.45, 7) is 2.61. The lowest BCUT2D eigenvalue weighted by atomic mass is 10.3. The van der Waals surface area contributed by atoms with E-state index in [1.807, 2.05) is 11.8 Å². The summed E-state index contributed by atoms with van der Waals surface area (Å²) in [5.41, 5.74) is 2.05. The minimum absolute atomic E-state index is 0.0220. The van der Waals surface area contributed by atoms with Crippen LogP contribution in [0.15, 0.2) is 44.5 Å². The first-order valence-corrected chi connectivity index (χ1v) is 11.2. The van der Waals surface area contributed by atoms with Crippen LogP contribution in [-0.2, 0) is 14.8 Å². The molecule has 0 N–H and O–H groups in total. The Labute approximate surface area is 163 Å². The van der Waals surface area contributed by atoms with Gasteiger partial charge in [-0.25, -0.2) is 17.7 Å². The standard InChI is InChI=1S/C18H23N3O4S2/c1-4-21(13-7-5-6-8-13)17(22)12-26-18-19-15-11-14(9-10-16(15)25-18)27(23,24)20(2)3/h7,9-11H,4-6,8,12H2,1-3H3. The van der Waals surface area contributed by atoms with Gasteiger partial charge in [0.25, 0.3) is 5.22 Å². The third-order valence-electron chi connectivity index (χ3n) is 4.42. The van der Waals surface area contributed by atoms with Crippen molar-refractivity contribution in [3.05, 3.63) is 30.0 Å². The Balaban J connectivity index is 1.73. The van der Waals surface area contributed by atoms with Crippen LogP contribution < -0.4 is 0 Å². The molecule has 7 nitrogen and oxygen atoms in total. The molecule has 0 atom stereocenters. The Morgan fingerprint density at radius 3 is 2.74 bits per heavy atom. The number of thioether (sulfide) groups is 1. The van der Waals surface area contributed by atoms with Gasteiger partial charge in [-0.2, -0.15) is 0 Å². The second-order valence-electron chi connectivity index (χ2n) is 6.41. The molecule has 0 radical (unpaired) electrons. The van der Waals surface area contributed by atoms with E-state index in [1.165, 1.54) is 38.0 Å². The van der Waals surface area contributed by atoms with Crippen molar-refractivity contribution in [1.29, 1.82) is 0 Å². The van der Waals surface area contributed by atoms with Crippen LogP contribution in [0.25, 0.3) is 11.1 Å². The Morgan fingerprint density at radius 2 is 2.11 bits per heavy atom. The summed E-state index contributed by atoms with van der Waals surface area (Å²) in [6.07, 6.45) is 5.18. The van der Waals surface area contributed by atoms with Gasteiger partial charge < -0.3 is 9.32 Å². The normalized spacial score (nSPS) is 14.7. The zero-order valence-corrected chi connectivity index (χ0v) is 17.3. The maximum absolute atomic E-state index is 12.5. The van der Waals surface area contributed by atoms with Gasteiger partial charge in [0.2, 0.25) is 15.9 Å². The van der Waals surface area contributed by atoms with Gasteiger partial charge in [-0.15, -0.1) is 0 Å². The van der Waals surface area contributed by atoms with Gasteiger partial charge in [0.05, 0.1) is 10.6 Å². The van der Waals surface area contributed by atoms with Crippen molar-refractivity contribution in [2.75, 3.05) is 26.4 Å². The van der Waals surface area contributed by atoms with E-state index < -0.39 is 10.0 Å². The SMILES string of the molecule is CCN(C(=O)CSc1nc2cc(S(=O)(=O)N(C)C)ccc2o1)C1=CCCC1. The highest BCUT2D eigenvalue weighted by Gasteiger charge is 2.21. The minimum Gasteiger partial charge on any atom is -0.431 e. The van der Waals surface area contributed by atoms with E-state index in [1.54, 1.807) is 6.07 Å². The fraction of sp³-hybridized carbons (Fsp3) is 0.444. The van der Waals surface area contributed by atoms with Crippen LogP contribution in [-0.4, -0.2) is 54.9 Å². The maximum atomic E-state index is 12.5. The number of amides is 1. The predicted octanol–water partition coefficient (Wildman–Crippen LogP) is 3.09. The topological polar surface area (TPSA) is 83.7 Å². The Bertz CT molecular complexity index is 980. The predicted molar refractivity (Wildman–Crippen MR) is 105 cm³/mol. The molecule has 1 aliphatic rings. The fourth-order valence-corrected chi connectivity index (χ4v) is 4.60. The molecule has 0 unspecified atom stereocenters. The number of carbonyl (C=O) groups is 1. The quantitative estimate of drug-likeness (QED) is 0.654. The van der Waals surface area contributed by atoms with E-state index in [0.717, 1.165) is 29.3 Å². The van der Waals surface area contributed by atoms with E-state index in [9.17, 15) is 13.2 Å². The van der Waals surface area contributed by atoms with E-state index in [4.69, 9.17) is 4.42 Å². The molecule has 1 heterocycles. The highest BCUT2D eigenvalue weighted by molar-refractivity contribution is 7.99. The molecule has 27 heavy (non-hydrogen) atoms. The van der Waals surface area contributed by atoms with Gasteiger partial charge in [0, 0.05) is 26.3 Å². The first-order valence-electron chi connectivity index (χ1n) is 8.78. The molecule has 2 aromatic rings. The van der Waals surface area contributed by atoms with Crippen molar-refractivity contribution < 1.29 is 17.6 Å². The number of nitrogens with zero attached hydrogens (tertiary/aromatic N) is 3. The van der Waals surface area contributed by atoms with Gasteiger partial charge in [-0.05, 0) is 44.4 Å². The Hall–Kier alpha value is -1.84. The van der Waals surface area contributed by atoms with Crippen molar-refractivity contribution in [2.45, 2.75) is 36.3 Å². The lowest BCUT2D eigenvalue weighted by Gasteiger charge is -2.21. The number of hydrogen-bond acceptors (Lipinski definition) is 6. The molecule has 0 saturated heterocycles. The molecule has 0 spiro atoms. The third-order valence-corrected chi connectivity index (χ3v) is 7.04. The molecule has 0 bridgehead atoms. The lowest BCUT2D eigenvalue weighted by Crippen LogP contribution is -2.31. The first kappa shape index (κ1) is 19.9. The van der Waals surface area contributed by atoms with Gasteiger partial charge in [0.15, 0.2) is 5.58 Å². The number of sulfonamides is 1. The number of rotatable bonds is 7. The average molecular weight is 410 g/mol. The summed E-state index contributed by atoms with van der Waals surface area (Å²) in [5, 5.41) is 0.356. The Morgan fingerprint density at radius 1 is 1.33 bits per heavy atom. The van der Waals surface area contributed by atoms with E-state index in [-0.39, 0.29) is 16.6 Å². The number of oxazole rings is 1. The number of carbonyl (C=O) groups excluding carboxylic acids is 1. The Kier molecular flexibility index (Phi) is 5.92. The zero-order valence-electron chi connectivity index (χ0n) is 15.6. The molecule has 146 valence electrons. The molecule has 1 aliphatic carbocycles. The number of aromatic nitrogens is 1. The van der Waals surface area contributed by atoms with E-state index >= 15 is 0 Å². The second-order valence-corrected chi connectivity index (χ2v) is 9.49. The fourth-order valence-electron chi connectivity index (χ4n) is 2.96. The van der Waals surface area contributed by atoms with Gasteiger partial charge in [0.1, 0.15) is 5.52 Å². The molecule has 1 aromatic heterocycles. The number of allylic oxidation sites excluding steroid dienone is 2. The summed E-state index contributed by atoms with van der Waals surface area (Å²) in [6, 6.07) is 4.57. The summed E-state index contributed by atoms with van der Waals surface area (Å²) in [4.78, 5) is 18.8. The smallest absolute Gasteiger partial charge is 0.257 e. The number of fused-ring (bicyclic) bond motifs is 1. The van der Waals surface area contributed by atoms with Crippen LogP contribution in [0, 0.1) is 0 Å². The van der Waals surface area contributed by atoms with Crippen LogP contribution >= 0.6 is 11.8 Å². The highest BCUT2D eigenvalue weighted by atomic mass is 32.2. The lowest BCUT2D eigenvalue weighted by molar-refractivity contribution is -0.126. The van der Waals surface area contributed by atoms with Crippen LogP contribution in [0.2, 0.25) is 0 Å². The molecule has 1 aromatic carbocycles. The minimum atomic E-state index is -3.53. The number of benzene rings is 1. The summed E-state index contributed by atoms with van der Waals surface area (Å²) in [7, 11) is -0.570. The second kappa shape index (κ2) is 8.04. The van der Waals surface area contributed by atoms with Crippen LogP contribution in [0.1, 0.15) is 26.2 Å². The third kappa shape index (κ3) is 4.20. The van der Waals surface area contributed by atoms with Crippen molar-refractivity contribution in [3.8, 4) is 0 Å². The average Bonchev–Trinajstić information content (AvgIpc) is 3.29. The van der Waals surface area contributed by atoms with Crippen molar-refractivity contribution >= 4 is 38.8 Å². The molecule has 0 fully saturated rings. The van der Waals surface area contributed by atoms with Gasteiger partial charge in [-0.3, -0.25) is 4.79 Å². The van der Waals surface area contributed by atoms with Crippen LogP contribution in [0.5, 0.6) is 0 Å². The zero-order chi connectivity index (χ0) is 19.6. The van der Waals surface area contributed by atoms with Gasteiger partial charge in [-0.1, -0.05) is 17.8 Å². The summed E-state index contributed by atoms with van der Waals surface area (Å²) in [5.74, 6) is 0.245. The van der Waals surface area contributed by atoms with Crippen molar-refractivity contribution in [1.82, 2.24) is 14.2 Å². The van der Waals surface area contributed by atoms with Crippen molar-refractivity contribution in [2.24, 2.45) is 0 Å². The molecule has 0 aliphatic heterocycles. The van der Waals surface area contributed by atoms with E-state index in [0.29, 0.717) is 22.9 Å². The van der Waals surface area contributed by atoms with E-state index in [2.05, 4.69) is 11.1 Å². The number of hydrogen-bond donors (Lipinski definition) is 0. The molecular formula is C18H23N3O4S2. The molecular weight excluding hydrogens is 386 g/mol. The maximum Gasteiger partial charge on any atom is 0.257 e. The van der Waals surface area contributed by atoms with Crippen LogP contribution in [0.3, 0.4) is 0 Å². The van der Waals surface area contributed by atoms with Crippen molar-refractivity contribution in [3.63, 3.8) is 0 Å². The largest absolute Gasteiger partial charge is 0.431 e. The molecule has 9 heteroatoms. The monoisotopic (exact) mass is 409 g/mol. The highest BCUT2D eigenvalue weighted by Crippen LogP contribution is 2.27. The molecule has 0 saturated carbocycles. The summed E-state index contributed by atoms with van der Waals surface area (Å²) >= 11 is 1.22. The van der Waals surface area contributed by atoms with Gasteiger partial charge >= 0.3 is 0 Å².